The Labute approximate surface area is 138 Å². The smallest absolute Gasteiger partial charge is 0.135 e. The highest BCUT2D eigenvalue weighted by molar-refractivity contribution is 6.35. The Morgan fingerprint density at radius 2 is 1.96 bits per heavy atom. The predicted octanol–water partition coefficient (Wildman–Crippen LogP) is 4.32. The van der Waals surface area contributed by atoms with Crippen molar-refractivity contribution in [2.45, 2.75) is 13.5 Å². The third-order valence-electron chi connectivity index (χ3n) is 3.88. The topological polar surface area (TPSA) is 30.2 Å². The first-order valence-corrected chi connectivity index (χ1v) is 7.66. The van der Waals surface area contributed by atoms with Crippen molar-refractivity contribution < 1.29 is 4.39 Å². The van der Waals surface area contributed by atoms with Crippen LogP contribution in [0.4, 0.5) is 4.39 Å². The molecule has 1 aliphatic heterocycles. The van der Waals surface area contributed by atoms with Gasteiger partial charge in [-0.3, -0.25) is 4.99 Å². The lowest BCUT2D eigenvalue weighted by molar-refractivity contribution is 0.627. The lowest BCUT2D eigenvalue weighted by Gasteiger charge is -2.12. The molecule has 5 heteroatoms. The summed E-state index contributed by atoms with van der Waals surface area (Å²) in [7, 11) is 0. The second kappa shape index (κ2) is 5.32. The van der Waals surface area contributed by atoms with Crippen molar-refractivity contribution in [2.75, 3.05) is 0 Å². The van der Waals surface area contributed by atoms with Crippen LogP contribution in [0.5, 0.6) is 0 Å². The summed E-state index contributed by atoms with van der Waals surface area (Å²) in [5, 5.41) is 0.595. The van der Waals surface area contributed by atoms with Gasteiger partial charge in [-0.05, 0) is 31.2 Å². The van der Waals surface area contributed by atoms with Gasteiger partial charge in [-0.25, -0.2) is 9.37 Å². The Bertz CT molecular complexity index is 943. The Kier molecular flexibility index (Phi) is 3.27. The summed E-state index contributed by atoms with van der Waals surface area (Å²) < 4.78 is 15.9. The Morgan fingerprint density at radius 3 is 2.78 bits per heavy atom. The Balaban J connectivity index is 2.01. The van der Waals surface area contributed by atoms with E-state index < -0.39 is 0 Å². The fraction of sp³-hybridized carbons (Fsp3) is 0.111. The highest BCUT2D eigenvalue weighted by Gasteiger charge is 2.21. The van der Waals surface area contributed by atoms with E-state index in [1.54, 1.807) is 6.07 Å². The van der Waals surface area contributed by atoms with Gasteiger partial charge in [0.05, 0.1) is 23.6 Å². The monoisotopic (exact) mass is 325 g/mol. The van der Waals surface area contributed by atoms with Gasteiger partial charge in [0.1, 0.15) is 11.6 Å². The molecule has 0 aliphatic carbocycles. The van der Waals surface area contributed by atoms with Gasteiger partial charge in [0.15, 0.2) is 0 Å². The third kappa shape index (κ3) is 2.35. The largest absolute Gasteiger partial charge is 0.301 e. The summed E-state index contributed by atoms with van der Waals surface area (Å²) in [6, 6.07) is 12.2. The standard InChI is InChI=1S/C18H13ClFN3/c1-11-10-23-16-7-6-12(20)8-14(16)18(21-9-17(23)22-11)13-4-2-3-5-15(13)19/h2-8,10H,9H2,1H3. The average Bonchev–Trinajstić information content (AvgIpc) is 2.83. The van der Waals surface area contributed by atoms with Crippen LogP contribution in [0.2, 0.25) is 5.02 Å². The zero-order chi connectivity index (χ0) is 16.0. The normalized spacial score (nSPS) is 13.1. The molecule has 23 heavy (non-hydrogen) atoms. The molecule has 114 valence electrons. The molecule has 0 unspecified atom stereocenters. The molecule has 0 N–H and O–H groups in total. The molecule has 1 aromatic heterocycles. The molecular weight excluding hydrogens is 313 g/mol. The van der Waals surface area contributed by atoms with Crippen LogP contribution >= 0.6 is 11.6 Å². The maximum atomic E-state index is 13.9. The summed E-state index contributed by atoms with van der Waals surface area (Å²) in [5.74, 6) is 0.529. The van der Waals surface area contributed by atoms with Gasteiger partial charge in [-0.1, -0.05) is 29.8 Å². The third-order valence-corrected chi connectivity index (χ3v) is 4.21. The van der Waals surface area contributed by atoms with Crippen molar-refractivity contribution in [2.24, 2.45) is 4.99 Å². The van der Waals surface area contributed by atoms with Crippen molar-refractivity contribution in [3.05, 3.63) is 82.1 Å². The van der Waals surface area contributed by atoms with Crippen LogP contribution in [0.1, 0.15) is 22.6 Å². The molecule has 4 rings (SSSR count). The lowest BCUT2D eigenvalue weighted by Crippen LogP contribution is -2.08. The number of aromatic nitrogens is 2. The van der Waals surface area contributed by atoms with Crippen molar-refractivity contribution in [1.82, 2.24) is 9.55 Å². The predicted molar refractivity (Wildman–Crippen MR) is 89.1 cm³/mol. The van der Waals surface area contributed by atoms with Gasteiger partial charge in [-0.2, -0.15) is 0 Å². The van der Waals surface area contributed by atoms with Gasteiger partial charge < -0.3 is 4.57 Å². The molecule has 0 atom stereocenters. The molecule has 0 spiro atoms. The average molecular weight is 326 g/mol. The van der Waals surface area contributed by atoms with Crippen LogP contribution in [0.3, 0.4) is 0 Å². The fourth-order valence-corrected chi connectivity index (χ4v) is 3.12. The van der Waals surface area contributed by atoms with E-state index in [9.17, 15) is 4.39 Å². The van der Waals surface area contributed by atoms with Gasteiger partial charge in [0.25, 0.3) is 0 Å². The van der Waals surface area contributed by atoms with E-state index in [2.05, 4.69) is 9.98 Å². The van der Waals surface area contributed by atoms with E-state index in [0.29, 0.717) is 22.8 Å². The maximum Gasteiger partial charge on any atom is 0.135 e. The molecule has 0 amide bonds. The summed E-state index contributed by atoms with van der Waals surface area (Å²) >= 11 is 6.33. The minimum absolute atomic E-state index is 0.302. The van der Waals surface area contributed by atoms with E-state index in [1.165, 1.54) is 12.1 Å². The number of fused-ring (bicyclic) bond motifs is 3. The molecule has 2 heterocycles. The van der Waals surface area contributed by atoms with E-state index >= 15 is 0 Å². The maximum absolute atomic E-state index is 13.9. The first-order chi connectivity index (χ1) is 11.1. The molecule has 0 saturated carbocycles. The lowest BCUT2D eigenvalue weighted by atomic mass is 10.00. The van der Waals surface area contributed by atoms with Crippen LogP contribution in [-0.4, -0.2) is 15.3 Å². The number of hydrogen-bond acceptors (Lipinski definition) is 2. The fourth-order valence-electron chi connectivity index (χ4n) is 2.89. The Hall–Kier alpha value is -2.46. The van der Waals surface area contributed by atoms with E-state index in [-0.39, 0.29) is 5.82 Å². The van der Waals surface area contributed by atoms with Gasteiger partial charge >= 0.3 is 0 Å². The summed E-state index contributed by atoms with van der Waals surface area (Å²) in [4.78, 5) is 9.19. The molecule has 2 aromatic carbocycles. The van der Waals surface area contributed by atoms with Crippen molar-refractivity contribution >= 4 is 17.3 Å². The van der Waals surface area contributed by atoms with Crippen LogP contribution in [0.15, 0.2) is 53.7 Å². The number of rotatable bonds is 1. The summed E-state index contributed by atoms with van der Waals surface area (Å²) in [6.45, 7) is 2.36. The van der Waals surface area contributed by atoms with Crippen LogP contribution < -0.4 is 0 Å². The SMILES string of the molecule is Cc1cn2c(n1)CN=C(c1ccccc1Cl)c1cc(F)ccc1-2. The number of benzene rings is 2. The van der Waals surface area contributed by atoms with Gasteiger partial charge in [-0.15, -0.1) is 0 Å². The number of aliphatic imine (C=N–C) groups is 1. The molecule has 0 saturated heterocycles. The Morgan fingerprint density at radius 1 is 1.13 bits per heavy atom. The van der Waals surface area contributed by atoms with Crippen LogP contribution in [-0.2, 0) is 6.54 Å². The van der Waals surface area contributed by atoms with Crippen molar-refractivity contribution in [3.63, 3.8) is 0 Å². The summed E-state index contributed by atoms with van der Waals surface area (Å²) in [5.41, 5.74) is 3.97. The molecule has 0 bridgehead atoms. The first kappa shape index (κ1) is 14.2. The molecular formula is C18H13ClFN3. The van der Waals surface area contributed by atoms with E-state index in [0.717, 1.165) is 22.8 Å². The van der Waals surface area contributed by atoms with Crippen LogP contribution in [0.25, 0.3) is 5.69 Å². The number of aryl methyl sites for hydroxylation is 1. The molecule has 0 radical (unpaired) electrons. The minimum Gasteiger partial charge on any atom is -0.301 e. The minimum atomic E-state index is -0.302. The highest BCUT2D eigenvalue weighted by atomic mass is 35.5. The number of hydrogen-bond donors (Lipinski definition) is 0. The second-order valence-corrected chi connectivity index (χ2v) is 5.88. The molecule has 0 fully saturated rings. The zero-order valence-electron chi connectivity index (χ0n) is 12.4. The van der Waals surface area contributed by atoms with Crippen molar-refractivity contribution in [3.8, 4) is 5.69 Å². The highest BCUT2D eigenvalue weighted by Crippen LogP contribution is 2.28. The van der Waals surface area contributed by atoms with Gasteiger partial charge in [0, 0.05) is 22.3 Å². The molecule has 1 aliphatic rings. The second-order valence-electron chi connectivity index (χ2n) is 5.47. The zero-order valence-corrected chi connectivity index (χ0v) is 13.2. The van der Waals surface area contributed by atoms with Gasteiger partial charge in [0.2, 0.25) is 0 Å². The number of nitrogens with zero attached hydrogens (tertiary/aromatic N) is 3. The van der Waals surface area contributed by atoms with E-state index in [1.807, 2.05) is 42.0 Å². The number of halogens is 2. The van der Waals surface area contributed by atoms with Crippen LogP contribution in [0, 0.1) is 12.7 Å². The van der Waals surface area contributed by atoms with Crippen molar-refractivity contribution in [1.29, 1.82) is 0 Å². The van der Waals surface area contributed by atoms with E-state index in [4.69, 9.17) is 11.6 Å². The quantitative estimate of drug-likeness (QED) is 0.655. The first-order valence-electron chi connectivity index (χ1n) is 7.28. The number of imidazole rings is 1. The molecule has 3 aromatic rings. The summed E-state index contributed by atoms with van der Waals surface area (Å²) in [6.07, 6.45) is 1.94. The molecule has 3 nitrogen and oxygen atoms in total.